The largest absolute Gasteiger partial charge is 0.496 e. The summed E-state index contributed by atoms with van der Waals surface area (Å²) in [5.74, 6) is 1.28. The molecular weight excluding hydrogens is 254 g/mol. The SMILES string of the molecule is COc1ccccc1C(=O)CN(C)CC1CCCOC1. The number of Topliss-reactive ketones (excluding diaryl/α,β-unsaturated/α-hetero) is 1. The summed E-state index contributed by atoms with van der Waals surface area (Å²) in [7, 11) is 3.58. The second kappa shape index (κ2) is 7.41. The normalized spacial score (nSPS) is 19.1. The number of ether oxygens (including phenoxy) is 2. The van der Waals surface area contributed by atoms with Crippen molar-refractivity contribution < 1.29 is 14.3 Å². The van der Waals surface area contributed by atoms with Gasteiger partial charge in [-0.3, -0.25) is 9.69 Å². The van der Waals surface area contributed by atoms with E-state index in [4.69, 9.17) is 9.47 Å². The number of likely N-dealkylation sites (N-methyl/N-ethyl adjacent to an activating group) is 1. The molecule has 1 unspecified atom stereocenters. The third-order valence-electron chi connectivity index (χ3n) is 3.65. The van der Waals surface area contributed by atoms with E-state index in [9.17, 15) is 4.79 Å². The van der Waals surface area contributed by atoms with Crippen molar-refractivity contribution in [3.8, 4) is 5.75 Å². The Balaban J connectivity index is 1.89. The highest BCUT2D eigenvalue weighted by Crippen LogP contribution is 2.19. The van der Waals surface area contributed by atoms with Gasteiger partial charge in [-0.2, -0.15) is 0 Å². The molecule has 0 N–H and O–H groups in total. The van der Waals surface area contributed by atoms with Crippen LogP contribution in [0.5, 0.6) is 5.75 Å². The quantitative estimate of drug-likeness (QED) is 0.748. The molecule has 110 valence electrons. The van der Waals surface area contributed by atoms with E-state index in [1.54, 1.807) is 7.11 Å². The van der Waals surface area contributed by atoms with Crippen LogP contribution in [0.15, 0.2) is 24.3 Å². The van der Waals surface area contributed by atoms with Crippen LogP contribution in [0.2, 0.25) is 0 Å². The van der Waals surface area contributed by atoms with Crippen LogP contribution in [0.25, 0.3) is 0 Å². The molecule has 1 aromatic carbocycles. The van der Waals surface area contributed by atoms with Gasteiger partial charge in [0, 0.05) is 13.2 Å². The first kappa shape index (κ1) is 15.0. The van der Waals surface area contributed by atoms with Crippen LogP contribution < -0.4 is 4.74 Å². The minimum atomic E-state index is 0.0988. The topological polar surface area (TPSA) is 38.8 Å². The van der Waals surface area contributed by atoms with E-state index in [1.165, 1.54) is 6.42 Å². The summed E-state index contributed by atoms with van der Waals surface area (Å²) in [5, 5.41) is 0. The van der Waals surface area contributed by atoms with Crippen molar-refractivity contribution in [1.82, 2.24) is 4.90 Å². The second-order valence-electron chi connectivity index (χ2n) is 5.40. The van der Waals surface area contributed by atoms with Crippen molar-refractivity contribution in [3.63, 3.8) is 0 Å². The molecule has 0 aromatic heterocycles. The van der Waals surface area contributed by atoms with Crippen LogP contribution in [-0.2, 0) is 4.74 Å². The molecule has 1 saturated heterocycles. The lowest BCUT2D eigenvalue weighted by molar-refractivity contribution is 0.0416. The lowest BCUT2D eigenvalue weighted by Crippen LogP contribution is -2.34. The van der Waals surface area contributed by atoms with Gasteiger partial charge in [-0.25, -0.2) is 0 Å². The van der Waals surface area contributed by atoms with Crippen LogP contribution in [-0.4, -0.2) is 51.1 Å². The highest BCUT2D eigenvalue weighted by Gasteiger charge is 2.19. The predicted octanol–water partition coefficient (Wildman–Crippen LogP) is 2.24. The van der Waals surface area contributed by atoms with Crippen LogP contribution in [0, 0.1) is 5.92 Å². The molecule has 4 nitrogen and oxygen atoms in total. The molecule has 0 saturated carbocycles. The van der Waals surface area contributed by atoms with Gasteiger partial charge in [-0.05, 0) is 37.9 Å². The molecule has 1 atom stereocenters. The van der Waals surface area contributed by atoms with Crippen molar-refractivity contribution in [2.24, 2.45) is 5.92 Å². The van der Waals surface area contributed by atoms with E-state index in [0.717, 1.165) is 26.2 Å². The van der Waals surface area contributed by atoms with Crippen LogP contribution in [0.1, 0.15) is 23.2 Å². The summed E-state index contributed by atoms with van der Waals surface area (Å²) >= 11 is 0. The number of rotatable bonds is 6. The first-order valence-electron chi connectivity index (χ1n) is 7.13. The summed E-state index contributed by atoms with van der Waals surface area (Å²) in [6.45, 7) is 3.01. The number of benzene rings is 1. The number of hydrogen-bond donors (Lipinski definition) is 0. The van der Waals surface area contributed by atoms with E-state index < -0.39 is 0 Å². The van der Waals surface area contributed by atoms with Gasteiger partial charge in [-0.15, -0.1) is 0 Å². The smallest absolute Gasteiger partial charge is 0.180 e. The van der Waals surface area contributed by atoms with Gasteiger partial charge in [0.15, 0.2) is 5.78 Å². The number of ketones is 1. The molecule has 1 heterocycles. The van der Waals surface area contributed by atoms with Crippen molar-refractivity contribution >= 4 is 5.78 Å². The molecule has 4 heteroatoms. The lowest BCUT2D eigenvalue weighted by Gasteiger charge is -2.26. The van der Waals surface area contributed by atoms with Gasteiger partial charge in [0.25, 0.3) is 0 Å². The van der Waals surface area contributed by atoms with E-state index in [-0.39, 0.29) is 5.78 Å². The molecule has 20 heavy (non-hydrogen) atoms. The van der Waals surface area contributed by atoms with Gasteiger partial charge in [0.05, 0.1) is 25.8 Å². The average molecular weight is 277 g/mol. The molecule has 0 bridgehead atoms. The van der Waals surface area contributed by atoms with Crippen molar-refractivity contribution in [3.05, 3.63) is 29.8 Å². The Bertz CT molecular complexity index is 441. The summed E-state index contributed by atoms with van der Waals surface area (Å²) in [6.07, 6.45) is 2.31. The fraction of sp³-hybridized carbons (Fsp3) is 0.562. The Morgan fingerprint density at radius 1 is 1.45 bits per heavy atom. The van der Waals surface area contributed by atoms with E-state index >= 15 is 0 Å². The van der Waals surface area contributed by atoms with Crippen molar-refractivity contribution in [1.29, 1.82) is 0 Å². The minimum Gasteiger partial charge on any atom is -0.496 e. The van der Waals surface area contributed by atoms with Crippen LogP contribution in [0.4, 0.5) is 0 Å². The van der Waals surface area contributed by atoms with Crippen LogP contribution in [0.3, 0.4) is 0 Å². The third kappa shape index (κ3) is 4.05. The average Bonchev–Trinajstić information content (AvgIpc) is 2.48. The monoisotopic (exact) mass is 277 g/mol. The number of carbonyl (C=O) groups is 1. The maximum atomic E-state index is 12.3. The van der Waals surface area contributed by atoms with E-state index in [2.05, 4.69) is 4.90 Å². The van der Waals surface area contributed by atoms with Gasteiger partial charge >= 0.3 is 0 Å². The third-order valence-corrected chi connectivity index (χ3v) is 3.65. The lowest BCUT2D eigenvalue weighted by atomic mass is 10.0. The van der Waals surface area contributed by atoms with Gasteiger partial charge in [-0.1, -0.05) is 12.1 Å². The highest BCUT2D eigenvalue weighted by atomic mass is 16.5. The summed E-state index contributed by atoms with van der Waals surface area (Å²) in [6, 6.07) is 7.38. The zero-order valence-corrected chi connectivity index (χ0v) is 12.3. The van der Waals surface area contributed by atoms with Gasteiger partial charge in [0.2, 0.25) is 0 Å². The number of nitrogens with zero attached hydrogens (tertiary/aromatic N) is 1. The molecule has 1 fully saturated rings. The molecule has 0 amide bonds. The number of hydrogen-bond acceptors (Lipinski definition) is 4. The minimum absolute atomic E-state index is 0.0988. The molecule has 0 aliphatic carbocycles. The fourth-order valence-corrected chi connectivity index (χ4v) is 2.66. The van der Waals surface area contributed by atoms with Gasteiger partial charge in [0.1, 0.15) is 5.75 Å². The molecule has 1 aliphatic heterocycles. The number of carbonyl (C=O) groups excluding carboxylic acids is 1. The maximum Gasteiger partial charge on any atom is 0.180 e. The standard InChI is InChI=1S/C16H23NO3/c1-17(10-13-6-5-9-20-12-13)11-15(18)14-7-3-4-8-16(14)19-2/h3-4,7-8,13H,5-6,9-12H2,1-2H3. The maximum absolute atomic E-state index is 12.3. The first-order valence-corrected chi connectivity index (χ1v) is 7.13. The Labute approximate surface area is 120 Å². The summed E-state index contributed by atoms with van der Waals surface area (Å²) in [4.78, 5) is 14.4. The Morgan fingerprint density at radius 3 is 2.95 bits per heavy atom. The molecule has 2 rings (SSSR count). The second-order valence-corrected chi connectivity index (χ2v) is 5.40. The Hall–Kier alpha value is -1.39. The molecule has 0 radical (unpaired) electrons. The molecule has 1 aliphatic rings. The van der Waals surface area contributed by atoms with Crippen LogP contribution >= 0.6 is 0 Å². The predicted molar refractivity (Wildman–Crippen MR) is 78.4 cm³/mol. The number of methoxy groups -OCH3 is 1. The Morgan fingerprint density at radius 2 is 2.25 bits per heavy atom. The number of para-hydroxylation sites is 1. The van der Waals surface area contributed by atoms with Gasteiger partial charge < -0.3 is 9.47 Å². The fourth-order valence-electron chi connectivity index (χ4n) is 2.66. The molecule has 0 spiro atoms. The summed E-state index contributed by atoms with van der Waals surface area (Å²) in [5.41, 5.74) is 0.654. The zero-order chi connectivity index (χ0) is 14.4. The highest BCUT2D eigenvalue weighted by molar-refractivity contribution is 6.00. The summed E-state index contributed by atoms with van der Waals surface area (Å²) < 4.78 is 10.7. The van der Waals surface area contributed by atoms with E-state index in [1.807, 2.05) is 31.3 Å². The zero-order valence-electron chi connectivity index (χ0n) is 12.3. The van der Waals surface area contributed by atoms with Crippen molar-refractivity contribution in [2.75, 3.05) is 40.5 Å². The first-order chi connectivity index (χ1) is 9.70. The van der Waals surface area contributed by atoms with Crippen molar-refractivity contribution in [2.45, 2.75) is 12.8 Å². The van der Waals surface area contributed by atoms with E-state index in [0.29, 0.717) is 23.8 Å². The molecule has 1 aromatic rings. The Kier molecular flexibility index (Phi) is 5.56. The molecular formula is C16H23NO3.